The van der Waals surface area contributed by atoms with E-state index in [1.54, 1.807) is 0 Å². The van der Waals surface area contributed by atoms with E-state index in [9.17, 15) is 13.6 Å². The van der Waals surface area contributed by atoms with Crippen molar-refractivity contribution in [1.82, 2.24) is 25.5 Å². The Morgan fingerprint density at radius 3 is 2.68 bits per heavy atom. The van der Waals surface area contributed by atoms with Gasteiger partial charge in [-0.15, -0.1) is 10.2 Å². The number of amides is 1. The number of aryl methyl sites for hydroxylation is 1. The van der Waals surface area contributed by atoms with Crippen LogP contribution < -0.4 is 11.1 Å². The average Bonchev–Trinajstić information content (AvgIpc) is 2.94. The van der Waals surface area contributed by atoms with Crippen LogP contribution in [0.25, 0.3) is 11.4 Å². The van der Waals surface area contributed by atoms with Crippen LogP contribution in [0.1, 0.15) is 5.56 Å². The van der Waals surface area contributed by atoms with Crippen LogP contribution in [0.5, 0.6) is 0 Å². The van der Waals surface area contributed by atoms with Crippen molar-refractivity contribution in [2.45, 2.75) is 19.4 Å². The smallest absolute Gasteiger partial charge is 0.277 e. The third kappa shape index (κ3) is 4.29. The summed E-state index contributed by atoms with van der Waals surface area (Å²) >= 11 is 0. The Bertz CT molecular complexity index is 640. The first-order valence-corrected chi connectivity index (χ1v) is 6.59. The van der Waals surface area contributed by atoms with Gasteiger partial charge in [-0.3, -0.25) is 4.79 Å². The topological polar surface area (TPSA) is 98.7 Å². The number of hydrogen-bond donors (Lipinski definition) is 2. The van der Waals surface area contributed by atoms with Gasteiger partial charge in [-0.05, 0) is 12.1 Å². The predicted octanol–water partition coefficient (Wildman–Crippen LogP) is 0.359. The summed E-state index contributed by atoms with van der Waals surface area (Å²) in [4.78, 5) is 12.6. The first kappa shape index (κ1) is 16.0. The van der Waals surface area contributed by atoms with Gasteiger partial charge >= 0.3 is 0 Å². The van der Waals surface area contributed by atoms with Gasteiger partial charge in [0.1, 0.15) is 6.54 Å². The number of nitrogens with zero attached hydrogens (tertiary/aromatic N) is 4. The molecule has 1 amide bonds. The minimum absolute atomic E-state index is 0.292. The van der Waals surface area contributed by atoms with Crippen molar-refractivity contribution < 1.29 is 13.6 Å². The molecule has 0 saturated heterocycles. The molecule has 0 unspecified atom stereocenters. The molecule has 0 radical (unpaired) electrons. The van der Waals surface area contributed by atoms with Crippen molar-refractivity contribution in [1.29, 1.82) is 0 Å². The molecule has 0 atom stereocenters. The second-order valence-corrected chi connectivity index (χ2v) is 4.85. The van der Waals surface area contributed by atoms with E-state index in [4.69, 9.17) is 5.73 Å². The molecule has 0 fully saturated rings. The molecule has 0 aliphatic carbocycles. The summed E-state index contributed by atoms with van der Waals surface area (Å²) in [6, 6.07) is 7.46. The lowest BCUT2D eigenvalue weighted by molar-refractivity contribution is -0.123. The molecule has 2 aromatic rings. The molecular formula is C13H16F2N6O. The van der Waals surface area contributed by atoms with Crippen LogP contribution in [0.3, 0.4) is 0 Å². The molecule has 9 heteroatoms. The first-order chi connectivity index (χ1) is 10.4. The Morgan fingerprint density at radius 2 is 2.05 bits per heavy atom. The van der Waals surface area contributed by atoms with E-state index in [2.05, 4.69) is 20.7 Å². The molecule has 1 heterocycles. The molecule has 2 rings (SSSR count). The Balaban J connectivity index is 1.94. The number of halogens is 2. The van der Waals surface area contributed by atoms with E-state index in [1.807, 2.05) is 31.2 Å². The van der Waals surface area contributed by atoms with Gasteiger partial charge in [0.05, 0.1) is 13.1 Å². The number of carbonyl (C=O) groups is 1. The number of nitrogens with one attached hydrogen (secondary N) is 1. The fraction of sp³-hybridized carbons (Fsp3) is 0.385. The van der Waals surface area contributed by atoms with E-state index in [0.717, 1.165) is 15.9 Å². The Hall–Kier alpha value is -2.42. The summed E-state index contributed by atoms with van der Waals surface area (Å²) in [7, 11) is 0. The number of hydrogen-bond acceptors (Lipinski definition) is 5. The van der Waals surface area contributed by atoms with Crippen LogP contribution in [0.4, 0.5) is 8.78 Å². The Morgan fingerprint density at radius 1 is 1.36 bits per heavy atom. The van der Waals surface area contributed by atoms with Crippen LogP contribution in [0, 0.1) is 6.92 Å². The number of alkyl halides is 2. The minimum Gasteiger partial charge on any atom is -0.348 e. The van der Waals surface area contributed by atoms with E-state index >= 15 is 0 Å². The molecule has 0 aliphatic heterocycles. The van der Waals surface area contributed by atoms with Crippen molar-refractivity contribution in [3.63, 3.8) is 0 Å². The summed E-state index contributed by atoms with van der Waals surface area (Å²) < 4.78 is 25.8. The van der Waals surface area contributed by atoms with E-state index in [1.165, 1.54) is 0 Å². The van der Waals surface area contributed by atoms with Crippen LogP contribution >= 0.6 is 0 Å². The lowest BCUT2D eigenvalue weighted by atomic mass is 10.1. The maximum absolute atomic E-state index is 12.9. The molecule has 0 aliphatic rings. The summed E-state index contributed by atoms with van der Waals surface area (Å²) in [5.74, 6) is -3.40. The first-order valence-electron chi connectivity index (χ1n) is 6.59. The van der Waals surface area contributed by atoms with Crippen molar-refractivity contribution >= 4 is 5.91 Å². The van der Waals surface area contributed by atoms with Crippen LogP contribution in [0.15, 0.2) is 24.3 Å². The molecule has 7 nitrogen and oxygen atoms in total. The monoisotopic (exact) mass is 310 g/mol. The fourth-order valence-electron chi connectivity index (χ4n) is 1.61. The second-order valence-electron chi connectivity index (χ2n) is 4.85. The molecule has 3 N–H and O–H groups in total. The zero-order chi connectivity index (χ0) is 16.2. The summed E-state index contributed by atoms with van der Waals surface area (Å²) in [5.41, 5.74) is 6.73. The third-order valence-corrected chi connectivity index (χ3v) is 2.89. The fourth-order valence-corrected chi connectivity index (χ4v) is 1.61. The molecule has 1 aromatic carbocycles. The standard InChI is InChI=1S/C13H16F2N6O/c1-9-2-4-10(5-3-9)12-18-20-21(19-12)6-11(22)17-8-13(14,15)7-16/h2-5H,6-8,16H2,1H3,(H,17,22). The normalized spacial score (nSPS) is 11.5. The largest absolute Gasteiger partial charge is 0.348 e. The highest BCUT2D eigenvalue weighted by molar-refractivity contribution is 5.75. The number of rotatable bonds is 6. The quantitative estimate of drug-likeness (QED) is 0.802. The molecule has 22 heavy (non-hydrogen) atoms. The summed E-state index contributed by atoms with van der Waals surface area (Å²) in [6.45, 7) is 0.0172. The van der Waals surface area contributed by atoms with Gasteiger partial charge in [-0.1, -0.05) is 29.8 Å². The van der Waals surface area contributed by atoms with E-state index < -0.39 is 24.9 Å². The van der Waals surface area contributed by atoms with Crippen LogP contribution in [-0.4, -0.2) is 45.1 Å². The second kappa shape index (κ2) is 6.56. The summed E-state index contributed by atoms with van der Waals surface area (Å²) in [5, 5.41) is 13.7. The highest BCUT2D eigenvalue weighted by Gasteiger charge is 2.27. The van der Waals surface area contributed by atoms with Crippen molar-refractivity contribution in [3.05, 3.63) is 29.8 Å². The molecule has 0 saturated carbocycles. The van der Waals surface area contributed by atoms with Gasteiger partial charge < -0.3 is 11.1 Å². The molecular weight excluding hydrogens is 294 g/mol. The predicted molar refractivity (Wildman–Crippen MR) is 75.0 cm³/mol. The highest BCUT2D eigenvalue weighted by Crippen LogP contribution is 2.13. The Labute approximate surface area is 125 Å². The SMILES string of the molecule is Cc1ccc(-c2nnn(CC(=O)NCC(F)(F)CN)n2)cc1. The maximum atomic E-state index is 12.9. The lowest BCUT2D eigenvalue weighted by Crippen LogP contribution is -2.42. The molecule has 0 bridgehead atoms. The minimum atomic E-state index is -3.13. The third-order valence-electron chi connectivity index (χ3n) is 2.89. The van der Waals surface area contributed by atoms with Crippen molar-refractivity contribution in [3.8, 4) is 11.4 Å². The lowest BCUT2D eigenvalue weighted by Gasteiger charge is -2.13. The van der Waals surface area contributed by atoms with Crippen molar-refractivity contribution in [2.24, 2.45) is 5.73 Å². The van der Waals surface area contributed by atoms with Gasteiger partial charge in [0.2, 0.25) is 11.7 Å². The van der Waals surface area contributed by atoms with Crippen molar-refractivity contribution in [2.75, 3.05) is 13.1 Å². The van der Waals surface area contributed by atoms with Crippen LogP contribution in [-0.2, 0) is 11.3 Å². The van der Waals surface area contributed by atoms with Gasteiger partial charge in [0.15, 0.2) is 0 Å². The van der Waals surface area contributed by atoms with E-state index in [-0.39, 0.29) is 6.54 Å². The van der Waals surface area contributed by atoms with Gasteiger partial charge in [-0.2, -0.15) is 4.80 Å². The molecule has 0 spiro atoms. The molecule has 118 valence electrons. The van der Waals surface area contributed by atoms with Gasteiger partial charge in [0.25, 0.3) is 5.92 Å². The highest BCUT2D eigenvalue weighted by atomic mass is 19.3. The van der Waals surface area contributed by atoms with E-state index in [0.29, 0.717) is 5.82 Å². The van der Waals surface area contributed by atoms with Crippen LogP contribution in [0.2, 0.25) is 0 Å². The molecule has 1 aromatic heterocycles. The zero-order valence-electron chi connectivity index (χ0n) is 12.0. The number of nitrogens with two attached hydrogens (primary N) is 1. The summed E-state index contributed by atoms with van der Waals surface area (Å²) in [6.07, 6.45) is 0. The number of carbonyl (C=O) groups excluding carboxylic acids is 1. The number of tetrazole rings is 1. The van der Waals surface area contributed by atoms with Gasteiger partial charge in [-0.25, -0.2) is 8.78 Å². The maximum Gasteiger partial charge on any atom is 0.277 e. The average molecular weight is 310 g/mol. The zero-order valence-corrected chi connectivity index (χ0v) is 12.0. The Kier molecular flexibility index (Phi) is 4.76. The number of benzene rings is 1. The number of aromatic nitrogens is 4. The van der Waals surface area contributed by atoms with Gasteiger partial charge in [0, 0.05) is 5.56 Å².